The van der Waals surface area contributed by atoms with Crippen LogP contribution in [-0.4, -0.2) is 47.4 Å². The summed E-state index contributed by atoms with van der Waals surface area (Å²) in [5.41, 5.74) is 0. The van der Waals surface area contributed by atoms with Gasteiger partial charge in [0.2, 0.25) is 5.91 Å². The summed E-state index contributed by atoms with van der Waals surface area (Å²) < 4.78 is 5.51. The maximum atomic E-state index is 12.5. The molecule has 0 heterocycles. The summed E-state index contributed by atoms with van der Waals surface area (Å²) in [4.78, 5) is 24.7. The largest absolute Gasteiger partial charge is 0.466 e. The first-order chi connectivity index (χ1) is 40.5. The summed E-state index contributed by atoms with van der Waals surface area (Å²) in [6.07, 6.45) is 90.2. The van der Waals surface area contributed by atoms with Gasteiger partial charge in [-0.15, -0.1) is 0 Å². The molecule has 0 aliphatic heterocycles. The number of ether oxygens (including phenoxy) is 1. The van der Waals surface area contributed by atoms with Crippen molar-refractivity contribution in [2.45, 2.75) is 450 Å². The Kier molecular flexibility index (Phi) is 70.8. The fraction of sp³-hybridized carbons (Fsp3) is 0.947. The highest BCUT2D eigenvalue weighted by Gasteiger charge is 2.18. The van der Waals surface area contributed by atoms with Gasteiger partial charge in [0.1, 0.15) is 0 Å². The summed E-state index contributed by atoms with van der Waals surface area (Å²) >= 11 is 0. The lowest BCUT2D eigenvalue weighted by Gasteiger charge is -2.20. The van der Waals surface area contributed by atoms with Gasteiger partial charge in [0.05, 0.1) is 25.4 Å². The summed E-state index contributed by atoms with van der Waals surface area (Å²) in [7, 11) is 0. The number of aliphatic hydroxyl groups is 2. The fourth-order valence-electron chi connectivity index (χ4n) is 12.3. The number of carbonyl (C=O) groups is 2. The highest BCUT2D eigenvalue weighted by atomic mass is 16.5. The summed E-state index contributed by atoms with van der Waals surface area (Å²) in [5, 5.41) is 23.3. The van der Waals surface area contributed by atoms with Crippen molar-refractivity contribution in [2.75, 3.05) is 13.2 Å². The first-order valence-corrected chi connectivity index (χ1v) is 38.0. The van der Waals surface area contributed by atoms with Crippen LogP contribution in [0.1, 0.15) is 438 Å². The second-order valence-electron chi connectivity index (χ2n) is 26.4. The average Bonchev–Trinajstić information content (AvgIpc) is 3.48. The van der Waals surface area contributed by atoms with Crippen molar-refractivity contribution in [3.05, 3.63) is 12.2 Å². The zero-order valence-corrected chi connectivity index (χ0v) is 56.0. The molecule has 0 aromatic heterocycles. The molecule has 0 bridgehead atoms. The lowest BCUT2D eigenvalue weighted by molar-refractivity contribution is -0.143. The maximum Gasteiger partial charge on any atom is 0.305 e. The first kappa shape index (κ1) is 80.6. The van der Waals surface area contributed by atoms with Gasteiger partial charge in [0.15, 0.2) is 0 Å². The molecule has 82 heavy (non-hydrogen) atoms. The molecule has 0 rings (SSSR count). The monoisotopic (exact) mass is 1160 g/mol. The summed E-state index contributed by atoms with van der Waals surface area (Å²) in [6, 6.07) is -0.628. The van der Waals surface area contributed by atoms with Gasteiger partial charge in [-0.25, -0.2) is 0 Å². The lowest BCUT2D eigenvalue weighted by atomic mass is 10.0. The van der Waals surface area contributed by atoms with Gasteiger partial charge in [0, 0.05) is 12.8 Å². The van der Waals surface area contributed by atoms with E-state index in [0.29, 0.717) is 19.4 Å². The van der Waals surface area contributed by atoms with Crippen LogP contribution in [0.2, 0.25) is 0 Å². The van der Waals surface area contributed by atoms with Gasteiger partial charge in [-0.05, 0) is 32.1 Å². The normalized spacial score (nSPS) is 12.5. The molecule has 2 unspecified atom stereocenters. The third-order valence-corrected chi connectivity index (χ3v) is 18.1. The molecule has 0 saturated carbocycles. The predicted octanol–water partition coefficient (Wildman–Crippen LogP) is 24.7. The van der Waals surface area contributed by atoms with Crippen molar-refractivity contribution in [3.63, 3.8) is 0 Å². The number of nitrogens with one attached hydrogen (secondary N) is 1. The third kappa shape index (κ3) is 67.7. The van der Waals surface area contributed by atoms with E-state index < -0.39 is 12.1 Å². The molecule has 0 aromatic carbocycles. The molecule has 0 fully saturated rings. The van der Waals surface area contributed by atoms with Crippen LogP contribution in [0.4, 0.5) is 0 Å². The molecule has 0 aliphatic carbocycles. The molecule has 0 spiro atoms. The Bertz CT molecular complexity index is 1240. The van der Waals surface area contributed by atoms with Gasteiger partial charge in [-0.3, -0.25) is 9.59 Å². The third-order valence-electron chi connectivity index (χ3n) is 18.1. The van der Waals surface area contributed by atoms with Crippen LogP contribution in [0.3, 0.4) is 0 Å². The van der Waals surface area contributed by atoms with E-state index in [1.165, 1.54) is 372 Å². The van der Waals surface area contributed by atoms with Gasteiger partial charge < -0.3 is 20.3 Å². The highest BCUT2D eigenvalue weighted by molar-refractivity contribution is 5.76. The molecule has 0 radical (unpaired) electrons. The summed E-state index contributed by atoms with van der Waals surface area (Å²) in [6.45, 7) is 4.96. The average molecular weight is 1160 g/mol. The number of hydrogen-bond acceptors (Lipinski definition) is 5. The fourth-order valence-corrected chi connectivity index (χ4v) is 12.3. The quantitative estimate of drug-likeness (QED) is 0.0320. The number of aliphatic hydroxyl groups excluding tert-OH is 2. The van der Waals surface area contributed by atoms with E-state index in [1.807, 2.05) is 6.08 Å². The number of carbonyl (C=O) groups excluding carboxylic acids is 2. The van der Waals surface area contributed by atoms with E-state index in [4.69, 9.17) is 4.74 Å². The van der Waals surface area contributed by atoms with Crippen molar-refractivity contribution < 1.29 is 24.5 Å². The van der Waals surface area contributed by atoms with E-state index in [9.17, 15) is 19.8 Å². The van der Waals surface area contributed by atoms with E-state index in [-0.39, 0.29) is 18.5 Å². The Labute approximate surface area is 514 Å². The Morgan fingerprint density at radius 3 is 0.829 bits per heavy atom. The number of rotatable bonds is 72. The molecule has 488 valence electrons. The van der Waals surface area contributed by atoms with Crippen molar-refractivity contribution in [2.24, 2.45) is 0 Å². The van der Waals surface area contributed by atoms with E-state index in [0.717, 1.165) is 38.5 Å². The predicted molar refractivity (Wildman–Crippen MR) is 361 cm³/mol. The second kappa shape index (κ2) is 72.1. The zero-order valence-electron chi connectivity index (χ0n) is 56.0. The highest BCUT2D eigenvalue weighted by Crippen LogP contribution is 2.20. The Hall–Kier alpha value is -1.40. The van der Waals surface area contributed by atoms with Crippen molar-refractivity contribution in [1.82, 2.24) is 5.32 Å². The van der Waals surface area contributed by atoms with E-state index >= 15 is 0 Å². The number of allylic oxidation sites excluding steroid dienone is 1. The van der Waals surface area contributed by atoms with E-state index in [1.54, 1.807) is 6.08 Å². The molecular formula is C76H149NO5. The molecular weight excluding hydrogens is 1010 g/mol. The molecule has 0 aliphatic rings. The number of esters is 1. The molecule has 1 amide bonds. The van der Waals surface area contributed by atoms with Crippen molar-refractivity contribution >= 4 is 11.9 Å². The Morgan fingerprint density at radius 1 is 0.329 bits per heavy atom. The standard InChI is InChI=1S/C76H149NO5/c1-3-5-7-9-11-13-15-17-19-21-22-23-24-27-30-33-37-40-44-48-52-56-60-64-68-74(79)73(72-78)77-75(80)69-65-61-57-53-49-45-41-38-34-31-28-25-26-29-32-35-39-43-47-51-55-59-63-67-71-82-76(81)70-66-62-58-54-50-46-42-36-20-18-16-14-12-10-8-6-4-2/h64,68,73-74,78-79H,3-63,65-67,69-72H2,1-2H3,(H,77,80)/b68-64+. The number of hydrogen-bond donors (Lipinski definition) is 3. The van der Waals surface area contributed by atoms with Gasteiger partial charge >= 0.3 is 5.97 Å². The van der Waals surface area contributed by atoms with Crippen LogP contribution in [0.5, 0.6) is 0 Å². The SMILES string of the molecule is CCCCCCCCCCCCCCCCCCCCCCCC/C=C/C(O)C(CO)NC(=O)CCCCCCCCCCCCCCCCCCCCCCCCCCOC(=O)CCCCCCCCCCCCCCCCCCC. The molecule has 6 nitrogen and oxygen atoms in total. The lowest BCUT2D eigenvalue weighted by Crippen LogP contribution is -2.45. The van der Waals surface area contributed by atoms with Crippen molar-refractivity contribution in [1.29, 1.82) is 0 Å². The molecule has 2 atom stereocenters. The summed E-state index contributed by atoms with van der Waals surface area (Å²) in [5.74, 6) is -0.0409. The van der Waals surface area contributed by atoms with Gasteiger partial charge in [0.25, 0.3) is 0 Å². The maximum absolute atomic E-state index is 12.5. The van der Waals surface area contributed by atoms with Crippen molar-refractivity contribution in [3.8, 4) is 0 Å². The smallest absolute Gasteiger partial charge is 0.305 e. The molecule has 6 heteroatoms. The zero-order chi connectivity index (χ0) is 59.2. The van der Waals surface area contributed by atoms with Crippen LogP contribution in [-0.2, 0) is 14.3 Å². The molecule has 0 aromatic rings. The number of amides is 1. The first-order valence-electron chi connectivity index (χ1n) is 38.0. The minimum absolute atomic E-state index is 0.0203. The molecule has 3 N–H and O–H groups in total. The topological polar surface area (TPSA) is 95.9 Å². The van der Waals surface area contributed by atoms with Gasteiger partial charge in [-0.2, -0.15) is 0 Å². The number of unbranched alkanes of at least 4 members (excludes halogenated alkanes) is 61. The van der Waals surface area contributed by atoms with Crippen LogP contribution in [0.15, 0.2) is 12.2 Å². The van der Waals surface area contributed by atoms with Crippen LogP contribution in [0.25, 0.3) is 0 Å². The van der Waals surface area contributed by atoms with Gasteiger partial charge in [-0.1, -0.05) is 405 Å². The Balaban J connectivity index is 3.38. The minimum Gasteiger partial charge on any atom is -0.466 e. The van der Waals surface area contributed by atoms with Crippen LogP contribution < -0.4 is 5.32 Å². The van der Waals surface area contributed by atoms with Crippen LogP contribution >= 0.6 is 0 Å². The minimum atomic E-state index is -0.845. The Morgan fingerprint density at radius 2 is 0.561 bits per heavy atom. The molecule has 0 saturated heterocycles. The second-order valence-corrected chi connectivity index (χ2v) is 26.4. The van der Waals surface area contributed by atoms with Crippen LogP contribution in [0, 0.1) is 0 Å². The van der Waals surface area contributed by atoms with E-state index in [2.05, 4.69) is 19.2 Å².